The molecule has 0 fully saturated rings. The van der Waals surface area contributed by atoms with Crippen molar-refractivity contribution in [3.63, 3.8) is 0 Å². The van der Waals surface area contributed by atoms with Gasteiger partial charge in [0.2, 0.25) is 0 Å². The molecule has 0 bridgehead atoms. The van der Waals surface area contributed by atoms with E-state index in [4.69, 9.17) is 4.42 Å². The predicted octanol–water partition coefficient (Wildman–Crippen LogP) is 2.39. The maximum atomic E-state index is 12.4. The molecule has 0 spiro atoms. The van der Waals surface area contributed by atoms with E-state index in [0.717, 1.165) is 12.3 Å². The molecule has 0 aliphatic carbocycles. The monoisotopic (exact) mass is 327 g/mol. The van der Waals surface area contributed by atoms with Crippen molar-refractivity contribution in [2.24, 2.45) is 0 Å². The van der Waals surface area contributed by atoms with Crippen molar-refractivity contribution in [1.29, 1.82) is 0 Å². The van der Waals surface area contributed by atoms with Crippen LogP contribution in [0.5, 0.6) is 0 Å². The summed E-state index contributed by atoms with van der Waals surface area (Å²) in [6.45, 7) is 3.25. The molecule has 6 nitrogen and oxygen atoms in total. The highest BCUT2D eigenvalue weighted by molar-refractivity contribution is 5.99. The number of furan rings is 1. The molecule has 0 atom stereocenters. The summed E-state index contributed by atoms with van der Waals surface area (Å²) in [5.41, 5.74) is 3.25. The van der Waals surface area contributed by atoms with Gasteiger partial charge in [-0.3, -0.25) is 25.4 Å². The first-order chi connectivity index (χ1) is 10.7. The van der Waals surface area contributed by atoms with Crippen molar-refractivity contribution in [3.05, 3.63) is 52.7 Å². The molecule has 0 aliphatic rings. The Morgan fingerprint density at radius 3 is 2.26 bits per heavy atom. The summed E-state index contributed by atoms with van der Waals surface area (Å²) in [5, 5.41) is 0. The number of nitrogens with zero attached hydrogens (tertiary/aromatic N) is 1. The molecule has 2 N–H and O–H groups in total. The van der Waals surface area contributed by atoms with Crippen molar-refractivity contribution in [2.45, 2.75) is 20.0 Å². The summed E-state index contributed by atoms with van der Waals surface area (Å²) in [6, 6.07) is 3.14. The Morgan fingerprint density at radius 2 is 1.78 bits per heavy atom. The van der Waals surface area contributed by atoms with Crippen LogP contribution >= 0.6 is 0 Å². The van der Waals surface area contributed by atoms with Crippen LogP contribution in [-0.4, -0.2) is 16.8 Å². The van der Waals surface area contributed by atoms with Gasteiger partial charge in [0.05, 0.1) is 11.1 Å². The number of carbonyl (C=O) groups is 2. The third-order valence-corrected chi connectivity index (χ3v) is 2.89. The van der Waals surface area contributed by atoms with Gasteiger partial charge in [-0.25, -0.2) is 0 Å². The molecule has 2 rings (SSSR count). The quantitative estimate of drug-likeness (QED) is 0.830. The number of amides is 2. The van der Waals surface area contributed by atoms with Crippen molar-refractivity contribution in [2.75, 3.05) is 0 Å². The zero-order valence-corrected chi connectivity index (χ0v) is 12.1. The van der Waals surface area contributed by atoms with Crippen LogP contribution < -0.4 is 10.9 Å². The van der Waals surface area contributed by atoms with Crippen LogP contribution in [0, 0.1) is 13.8 Å². The van der Waals surface area contributed by atoms with E-state index in [-0.39, 0.29) is 11.1 Å². The van der Waals surface area contributed by atoms with E-state index in [1.54, 1.807) is 13.8 Å². The van der Waals surface area contributed by atoms with Crippen LogP contribution in [0.15, 0.2) is 28.8 Å². The predicted molar refractivity (Wildman–Crippen MR) is 72.4 cm³/mol. The molecule has 0 saturated heterocycles. The fraction of sp³-hybridized carbons (Fsp3) is 0.214. The van der Waals surface area contributed by atoms with Crippen LogP contribution in [-0.2, 0) is 6.18 Å². The smallest absolute Gasteiger partial charge is 0.433 e. The van der Waals surface area contributed by atoms with Crippen molar-refractivity contribution >= 4 is 11.8 Å². The van der Waals surface area contributed by atoms with Gasteiger partial charge in [-0.2, -0.15) is 13.2 Å². The van der Waals surface area contributed by atoms with Crippen molar-refractivity contribution < 1.29 is 27.2 Å². The zero-order valence-electron chi connectivity index (χ0n) is 12.1. The normalized spacial score (nSPS) is 11.2. The van der Waals surface area contributed by atoms with Crippen molar-refractivity contribution in [3.8, 4) is 0 Å². The van der Waals surface area contributed by atoms with Gasteiger partial charge in [0.15, 0.2) is 0 Å². The number of hydrogen-bond donors (Lipinski definition) is 2. The van der Waals surface area contributed by atoms with Gasteiger partial charge in [-0.05, 0) is 32.0 Å². The highest BCUT2D eigenvalue weighted by atomic mass is 19.4. The lowest BCUT2D eigenvalue weighted by molar-refractivity contribution is -0.141. The topological polar surface area (TPSA) is 84.2 Å². The Morgan fingerprint density at radius 1 is 1.13 bits per heavy atom. The fourth-order valence-corrected chi connectivity index (χ4v) is 1.81. The van der Waals surface area contributed by atoms with Gasteiger partial charge in [0.1, 0.15) is 17.2 Å². The Labute approximate surface area is 128 Å². The fourth-order valence-electron chi connectivity index (χ4n) is 1.81. The second-order valence-electron chi connectivity index (χ2n) is 4.67. The number of hydrazine groups is 1. The van der Waals surface area contributed by atoms with Gasteiger partial charge in [-0.1, -0.05) is 0 Å². The van der Waals surface area contributed by atoms with E-state index in [1.807, 2.05) is 0 Å². The molecule has 2 amide bonds. The van der Waals surface area contributed by atoms with E-state index in [1.165, 1.54) is 6.07 Å². The zero-order chi connectivity index (χ0) is 17.2. The van der Waals surface area contributed by atoms with Crippen LogP contribution in [0.3, 0.4) is 0 Å². The molecule has 0 aromatic carbocycles. The average Bonchev–Trinajstić information content (AvgIpc) is 2.82. The van der Waals surface area contributed by atoms with E-state index < -0.39 is 23.7 Å². The maximum absolute atomic E-state index is 12.4. The Bertz CT molecular complexity index is 736. The van der Waals surface area contributed by atoms with Gasteiger partial charge in [0, 0.05) is 6.20 Å². The standard InChI is InChI=1S/C14H12F3N3O3/c1-7-5-10(8(2)23-7)13(22)20-19-12(21)9-3-4-11(18-6-9)14(15,16)17/h3-6H,1-2H3,(H,19,21)(H,20,22). The molecule has 2 aromatic heterocycles. The number of rotatable bonds is 2. The van der Waals surface area contributed by atoms with E-state index in [0.29, 0.717) is 17.6 Å². The highest BCUT2D eigenvalue weighted by Gasteiger charge is 2.32. The van der Waals surface area contributed by atoms with Crippen molar-refractivity contribution in [1.82, 2.24) is 15.8 Å². The first-order valence-corrected chi connectivity index (χ1v) is 6.39. The first kappa shape index (κ1) is 16.5. The second kappa shape index (κ2) is 6.11. The molecule has 0 aliphatic heterocycles. The lowest BCUT2D eigenvalue weighted by atomic mass is 10.2. The van der Waals surface area contributed by atoms with Crippen LogP contribution in [0.2, 0.25) is 0 Å². The van der Waals surface area contributed by atoms with Gasteiger partial charge >= 0.3 is 6.18 Å². The van der Waals surface area contributed by atoms with Gasteiger partial charge in [0.25, 0.3) is 11.8 Å². The van der Waals surface area contributed by atoms with Gasteiger partial charge < -0.3 is 4.42 Å². The molecule has 9 heteroatoms. The van der Waals surface area contributed by atoms with E-state index in [9.17, 15) is 22.8 Å². The first-order valence-electron chi connectivity index (χ1n) is 6.39. The molecule has 2 heterocycles. The Hall–Kier alpha value is -2.84. The third-order valence-electron chi connectivity index (χ3n) is 2.89. The minimum atomic E-state index is -4.58. The van der Waals surface area contributed by atoms with E-state index >= 15 is 0 Å². The lowest BCUT2D eigenvalue weighted by Crippen LogP contribution is -2.41. The molecular formula is C14H12F3N3O3. The average molecular weight is 327 g/mol. The van der Waals surface area contributed by atoms with Crippen LogP contribution in [0.4, 0.5) is 13.2 Å². The second-order valence-corrected chi connectivity index (χ2v) is 4.67. The highest BCUT2D eigenvalue weighted by Crippen LogP contribution is 2.27. The van der Waals surface area contributed by atoms with E-state index in [2.05, 4.69) is 15.8 Å². The Kier molecular flexibility index (Phi) is 4.39. The van der Waals surface area contributed by atoms with Crippen LogP contribution in [0.25, 0.3) is 0 Å². The summed E-state index contributed by atoms with van der Waals surface area (Å²) in [7, 11) is 0. The summed E-state index contributed by atoms with van der Waals surface area (Å²) in [4.78, 5) is 26.8. The number of alkyl halides is 3. The maximum Gasteiger partial charge on any atom is 0.433 e. The molecule has 122 valence electrons. The lowest BCUT2D eigenvalue weighted by Gasteiger charge is -2.08. The molecule has 0 unspecified atom stereocenters. The Balaban J connectivity index is 2.00. The number of pyridine rings is 1. The molecule has 0 saturated carbocycles. The third kappa shape index (κ3) is 3.87. The minimum Gasteiger partial charge on any atom is -0.466 e. The summed E-state index contributed by atoms with van der Waals surface area (Å²) in [6.07, 6.45) is -3.81. The number of aryl methyl sites for hydroxylation is 2. The largest absolute Gasteiger partial charge is 0.466 e. The number of hydrogen-bond acceptors (Lipinski definition) is 4. The minimum absolute atomic E-state index is 0.126. The SMILES string of the molecule is Cc1cc(C(=O)NNC(=O)c2ccc(C(F)(F)F)nc2)c(C)o1. The number of carbonyl (C=O) groups excluding carboxylic acids is 2. The summed E-state index contributed by atoms with van der Waals surface area (Å²) >= 11 is 0. The molecule has 23 heavy (non-hydrogen) atoms. The molecular weight excluding hydrogens is 315 g/mol. The number of halogens is 3. The van der Waals surface area contributed by atoms with Gasteiger partial charge in [-0.15, -0.1) is 0 Å². The summed E-state index contributed by atoms with van der Waals surface area (Å²) in [5.74, 6) is -0.485. The molecule has 0 radical (unpaired) electrons. The summed E-state index contributed by atoms with van der Waals surface area (Å²) < 4.78 is 42.3. The molecule has 2 aromatic rings. The number of nitrogens with one attached hydrogen (secondary N) is 2. The number of aromatic nitrogens is 1. The van der Waals surface area contributed by atoms with Crippen LogP contribution in [0.1, 0.15) is 37.9 Å².